The second kappa shape index (κ2) is 9.37. The van der Waals surface area contributed by atoms with E-state index in [4.69, 9.17) is 19.9 Å². The van der Waals surface area contributed by atoms with Gasteiger partial charge < -0.3 is 19.9 Å². The van der Waals surface area contributed by atoms with Gasteiger partial charge in [0.15, 0.2) is 0 Å². The lowest BCUT2D eigenvalue weighted by Crippen LogP contribution is -2.23. The highest BCUT2D eigenvalue weighted by molar-refractivity contribution is 5.95. The van der Waals surface area contributed by atoms with Crippen LogP contribution in [-0.4, -0.2) is 26.6 Å². The van der Waals surface area contributed by atoms with Crippen molar-refractivity contribution in [3.05, 3.63) is 29.8 Å². The molecule has 0 saturated heterocycles. The molecule has 0 spiro atoms. The van der Waals surface area contributed by atoms with E-state index in [1.54, 1.807) is 24.3 Å². The summed E-state index contributed by atoms with van der Waals surface area (Å²) in [5.74, 6) is -0.227. The first kappa shape index (κ1) is 19.4. The Morgan fingerprint density at radius 2 is 1.67 bits per heavy atom. The number of carbonyl (C=O) groups excluding carboxylic acids is 1. The van der Waals surface area contributed by atoms with Gasteiger partial charge in [0.25, 0.3) is 5.91 Å². The largest absolute Gasteiger partial charge is 0.440 e. The van der Waals surface area contributed by atoms with Crippen molar-refractivity contribution in [2.45, 2.75) is 40.6 Å². The van der Waals surface area contributed by atoms with Crippen LogP contribution in [0.4, 0.5) is 0 Å². The molecule has 21 heavy (non-hydrogen) atoms. The molecular formula is C16H27NO4. The molecule has 0 aromatic heterocycles. The number of nitrogens with two attached hydrogens (primary N) is 1. The molecule has 1 rings (SSSR count). The van der Waals surface area contributed by atoms with E-state index in [1.807, 2.05) is 0 Å². The van der Waals surface area contributed by atoms with Crippen LogP contribution >= 0.6 is 0 Å². The molecule has 1 aromatic rings. The fraction of sp³-hybridized carbons (Fsp3) is 0.562. The highest BCUT2D eigenvalue weighted by atomic mass is 16.8. The number of amides is 1. The third-order valence-corrected chi connectivity index (χ3v) is 2.82. The topological polar surface area (TPSA) is 70.8 Å². The van der Waals surface area contributed by atoms with Crippen LogP contribution < -0.4 is 10.5 Å². The number of primary amides is 1. The third-order valence-electron chi connectivity index (χ3n) is 2.82. The molecule has 1 aromatic carbocycles. The smallest absolute Gasteiger partial charge is 0.315 e. The molecule has 0 atom stereocenters. The number of hydrogen-bond acceptors (Lipinski definition) is 4. The average Bonchev–Trinajstić information content (AvgIpc) is 2.44. The van der Waals surface area contributed by atoms with Gasteiger partial charge in [0.05, 0.1) is 5.56 Å². The molecule has 2 N–H and O–H groups in total. The van der Waals surface area contributed by atoms with Crippen LogP contribution in [0, 0.1) is 5.41 Å². The summed E-state index contributed by atoms with van der Waals surface area (Å²) in [4.78, 5) is 11.0. The first-order chi connectivity index (χ1) is 9.75. The molecule has 120 valence electrons. The summed E-state index contributed by atoms with van der Waals surface area (Å²) < 4.78 is 14.9. The minimum absolute atomic E-state index is 0.289. The minimum atomic E-state index is -0.856. The molecule has 0 aliphatic rings. The van der Waals surface area contributed by atoms with Gasteiger partial charge in [-0.1, -0.05) is 46.2 Å². The Labute approximate surface area is 127 Å². The second-order valence-corrected chi connectivity index (χ2v) is 5.65. The quantitative estimate of drug-likeness (QED) is 0.847. The van der Waals surface area contributed by atoms with Gasteiger partial charge in [-0.15, -0.1) is 0 Å². The zero-order chi connectivity index (χ0) is 16.5. The van der Waals surface area contributed by atoms with Crippen LogP contribution in [0.3, 0.4) is 0 Å². The number of rotatable bonds is 5. The van der Waals surface area contributed by atoms with Crippen LogP contribution in [0.25, 0.3) is 0 Å². The summed E-state index contributed by atoms with van der Waals surface area (Å²) >= 11 is 0. The van der Waals surface area contributed by atoms with Crippen molar-refractivity contribution in [3.8, 4) is 5.75 Å². The van der Waals surface area contributed by atoms with Gasteiger partial charge in [-0.2, -0.15) is 0 Å². The van der Waals surface area contributed by atoms with E-state index in [9.17, 15) is 4.79 Å². The monoisotopic (exact) mass is 297 g/mol. The Morgan fingerprint density at radius 3 is 2.05 bits per heavy atom. The number of methoxy groups -OCH3 is 2. The van der Waals surface area contributed by atoms with Gasteiger partial charge in [-0.25, -0.2) is 0 Å². The summed E-state index contributed by atoms with van der Waals surface area (Å²) in [7, 11) is 2.86. The van der Waals surface area contributed by atoms with Crippen molar-refractivity contribution >= 4 is 5.91 Å². The molecule has 0 radical (unpaired) electrons. The average molecular weight is 297 g/mol. The molecule has 0 heterocycles. The summed E-state index contributed by atoms with van der Waals surface area (Å²) in [5, 5.41) is 0. The standard InChI is InChI=1S/C10H13NO4.C6H14/c1-13-10(14-2)15-8-6-4-3-5-7(8)9(11)12;1-5-6(2,3)4/h3-6,10H,1-2H3,(H2,11,12);5H2,1-4H3. The van der Waals surface area contributed by atoms with Gasteiger partial charge in [-0.3, -0.25) is 4.79 Å². The first-order valence-corrected chi connectivity index (χ1v) is 6.86. The Kier molecular flexibility index (Phi) is 8.66. The predicted octanol–water partition coefficient (Wildman–Crippen LogP) is 3.18. The molecule has 0 saturated carbocycles. The number of hydrogen-bond donors (Lipinski definition) is 1. The molecule has 0 fully saturated rings. The lowest BCUT2D eigenvalue weighted by molar-refractivity contribution is -0.219. The van der Waals surface area contributed by atoms with E-state index in [2.05, 4.69) is 27.7 Å². The molecule has 5 nitrogen and oxygen atoms in total. The SMILES string of the molecule is CCC(C)(C)C.COC(OC)Oc1ccccc1C(N)=O. The summed E-state index contributed by atoms with van der Waals surface area (Å²) in [6.45, 7) is 8.08. The number of benzene rings is 1. The lowest BCUT2D eigenvalue weighted by atomic mass is 9.94. The van der Waals surface area contributed by atoms with Crippen molar-refractivity contribution in [1.29, 1.82) is 0 Å². The van der Waals surface area contributed by atoms with Crippen molar-refractivity contribution in [3.63, 3.8) is 0 Å². The maximum absolute atomic E-state index is 11.0. The number of ether oxygens (including phenoxy) is 3. The van der Waals surface area contributed by atoms with Gasteiger partial charge in [0.1, 0.15) is 5.75 Å². The molecule has 5 heteroatoms. The van der Waals surface area contributed by atoms with Crippen LogP contribution in [0.15, 0.2) is 24.3 Å². The Bertz CT molecular complexity index is 423. The highest BCUT2D eigenvalue weighted by Crippen LogP contribution is 2.19. The summed E-state index contributed by atoms with van der Waals surface area (Å²) in [6, 6.07) is 6.61. The van der Waals surface area contributed by atoms with E-state index in [0.717, 1.165) is 0 Å². The maximum Gasteiger partial charge on any atom is 0.315 e. The fourth-order valence-electron chi connectivity index (χ4n) is 1.07. The van der Waals surface area contributed by atoms with E-state index in [0.29, 0.717) is 11.2 Å². The van der Waals surface area contributed by atoms with Crippen molar-refractivity contribution in [1.82, 2.24) is 0 Å². The first-order valence-electron chi connectivity index (χ1n) is 6.86. The molecule has 1 amide bonds. The molecular weight excluding hydrogens is 270 g/mol. The molecule has 0 aliphatic carbocycles. The predicted molar refractivity (Wildman–Crippen MR) is 83.1 cm³/mol. The van der Waals surface area contributed by atoms with Crippen molar-refractivity contribution < 1.29 is 19.0 Å². The number of para-hydroxylation sites is 1. The van der Waals surface area contributed by atoms with Gasteiger partial charge >= 0.3 is 6.48 Å². The Balaban J connectivity index is 0.000000567. The van der Waals surface area contributed by atoms with Crippen molar-refractivity contribution in [2.24, 2.45) is 11.1 Å². The number of carbonyl (C=O) groups is 1. The summed E-state index contributed by atoms with van der Waals surface area (Å²) in [5.41, 5.74) is 6.00. The van der Waals surface area contributed by atoms with Crippen LogP contribution in [-0.2, 0) is 9.47 Å². The molecule has 0 unspecified atom stereocenters. The summed E-state index contributed by atoms with van der Waals surface area (Å²) in [6.07, 6.45) is 1.27. The zero-order valence-corrected chi connectivity index (χ0v) is 13.8. The van der Waals surface area contributed by atoms with E-state index < -0.39 is 12.4 Å². The highest BCUT2D eigenvalue weighted by Gasteiger charge is 2.13. The fourth-order valence-corrected chi connectivity index (χ4v) is 1.07. The van der Waals surface area contributed by atoms with Crippen molar-refractivity contribution in [2.75, 3.05) is 14.2 Å². The normalized spacial score (nSPS) is 10.8. The molecule has 0 bridgehead atoms. The lowest BCUT2D eigenvalue weighted by Gasteiger charge is -2.16. The van der Waals surface area contributed by atoms with E-state index >= 15 is 0 Å². The van der Waals surface area contributed by atoms with Crippen LogP contribution in [0.1, 0.15) is 44.5 Å². The van der Waals surface area contributed by atoms with Gasteiger partial charge in [-0.05, 0) is 17.5 Å². The van der Waals surface area contributed by atoms with Gasteiger partial charge in [0.2, 0.25) is 0 Å². The maximum atomic E-state index is 11.0. The van der Waals surface area contributed by atoms with Crippen LogP contribution in [0.2, 0.25) is 0 Å². The third kappa shape index (κ3) is 8.32. The van der Waals surface area contributed by atoms with E-state index in [1.165, 1.54) is 20.6 Å². The Morgan fingerprint density at radius 1 is 1.19 bits per heavy atom. The minimum Gasteiger partial charge on any atom is -0.440 e. The van der Waals surface area contributed by atoms with Gasteiger partial charge in [0, 0.05) is 14.2 Å². The Hall–Kier alpha value is -1.59. The zero-order valence-electron chi connectivity index (χ0n) is 13.8. The van der Waals surface area contributed by atoms with E-state index in [-0.39, 0.29) is 5.56 Å². The van der Waals surface area contributed by atoms with Crippen LogP contribution in [0.5, 0.6) is 5.75 Å². The second-order valence-electron chi connectivity index (χ2n) is 5.65. The molecule has 0 aliphatic heterocycles.